The van der Waals surface area contributed by atoms with Gasteiger partial charge in [0.1, 0.15) is 11.6 Å². The maximum atomic E-state index is 12.6. The summed E-state index contributed by atoms with van der Waals surface area (Å²) in [5.41, 5.74) is 1.61. The van der Waals surface area contributed by atoms with Crippen LogP contribution in [0.2, 0.25) is 5.02 Å². The first-order valence-corrected chi connectivity index (χ1v) is 10.5. The quantitative estimate of drug-likeness (QED) is 0.824. The van der Waals surface area contributed by atoms with E-state index in [1.165, 1.54) is 19.3 Å². The van der Waals surface area contributed by atoms with Gasteiger partial charge in [0, 0.05) is 45.1 Å². The number of amides is 1. The smallest absolute Gasteiger partial charge is 0.255 e. The first-order valence-electron chi connectivity index (χ1n) is 10.1. The molecule has 2 aliphatic heterocycles. The molecular weight excluding hydrogens is 374 g/mol. The van der Waals surface area contributed by atoms with Gasteiger partial charge in [0.15, 0.2) is 0 Å². The second-order valence-electron chi connectivity index (χ2n) is 7.48. The summed E-state index contributed by atoms with van der Waals surface area (Å²) in [7, 11) is 0. The molecule has 4 rings (SSSR count). The maximum Gasteiger partial charge on any atom is 0.255 e. The molecule has 2 saturated heterocycles. The molecular formula is C21H26ClN5O. The standard InChI is InChI=1S/C21H26ClN5O/c22-18-12-17(21(28)27-10-2-1-3-11-27)15-25-20(18)24-14-16-6-7-19(23-13-16)26-8-4-5-9-26/h6-7,12-13,15H,1-5,8-11,14H2,(H,24,25). The van der Waals surface area contributed by atoms with Crippen LogP contribution in [0.5, 0.6) is 0 Å². The molecule has 2 fully saturated rings. The summed E-state index contributed by atoms with van der Waals surface area (Å²) in [6, 6.07) is 5.86. The van der Waals surface area contributed by atoms with E-state index in [1.54, 1.807) is 12.3 Å². The Morgan fingerprint density at radius 1 is 1.00 bits per heavy atom. The van der Waals surface area contributed by atoms with Crippen molar-refractivity contribution in [3.63, 3.8) is 0 Å². The van der Waals surface area contributed by atoms with Crippen molar-refractivity contribution in [2.45, 2.75) is 38.6 Å². The van der Waals surface area contributed by atoms with Crippen molar-refractivity contribution in [3.8, 4) is 0 Å². The van der Waals surface area contributed by atoms with Crippen molar-refractivity contribution in [2.75, 3.05) is 36.4 Å². The SMILES string of the molecule is O=C(c1cnc(NCc2ccc(N3CCCC3)nc2)c(Cl)c1)N1CCCCC1. The zero-order chi connectivity index (χ0) is 19.3. The van der Waals surface area contributed by atoms with Gasteiger partial charge in [-0.1, -0.05) is 17.7 Å². The fraction of sp³-hybridized carbons (Fsp3) is 0.476. The molecule has 7 heteroatoms. The summed E-state index contributed by atoms with van der Waals surface area (Å²) >= 11 is 6.37. The zero-order valence-corrected chi connectivity index (χ0v) is 16.8. The van der Waals surface area contributed by atoms with Crippen molar-refractivity contribution < 1.29 is 4.79 Å². The number of halogens is 1. The van der Waals surface area contributed by atoms with Crippen LogP contribution in [0.3, 0.4) is 0 Å². The summed E-state index contributed by atoms with van der Waals surface area (Å²) < 4.78 is 0. The number of hydrogen-bond acceptors (Lipinski definition) is 5. The third-order valence-electron chi connectivity index (χ3n) is 5.43. The Balaban J connectivity index is 1.36. The summed E-state index contributed by atoms with van der Waals surface area (Å²) in [6.07, 6.45) is 9.31. The summed E-state index contributed by atoms with van der Waals surface area (Å²) in [5.74, 6) is 1.64. The van der Waals surface area contributed by atoms with E-state index in [9.17, 15) is 4.79 Å². The highest BCUT2D eigenvalue weighted by molar-refractivity contribution is 6.33. The number of carbonyl (C=O) groups is 1. The van der Waals surface area contributed by atoms with E-state index in [2.05, 4.69) is 32.3 Å². The van der Waals surface area contributed by atoms with Crippen LogP contribution in [0.25, 0.3) is 0 Å². The molecule has 2 aromatic heterocycles. The Hall–Kier alpha value is -2.34. The normalized spacial score (nSPS) is 17.0. The molecule has 0 bridgehead atoms. The van der Waals surface area contributed by atoms with Gasteiger partial charge in [-0.05, 0) is 49.8 Å². The number of rotatable bonds is 5. The first-order chi connectivity index (χ1) is 13.7. The van der Waals surface area contributed by atoms with Crippen LogP contribution in [-0.4, -0.2) is 47.0 Å². The molecule has 6 nitrogen and oxygen atoms in total. The number of hydrogen-bond donors (Lipinski definition) is 1. The van der Waals surface area contributed by atoms with Crippen molar-refractivity contribution >= 4 is 29.1 Å². The van der Waals surface area contributed by atoms with Gasteiger partial charge in [-0.3, -0.25) is 4.79 Å². The molecule has 0 atom stereocenters. The predicted octanol–water partition coefficient (Wildman–Crippen LogP) is 3.97. The number of likely N-dealkylation sites (tertiary alicyclic amines) is 1. The molecule has 0 aromatic carbocycles. The highest BCUT2D eigenvalue weighted by Gasteiger charge is 2.19. The summed E-state index contributed by atoms with van der Waals surface area (Å²) in [4.78, 5) is 25.7. The van der Waals surface area contributed by atoms with Crippen LogP contribution < -0.4 is 10.2 Å². The molecule has 0 spiro atoms. The van der Waals surface area contributed by atoms with E-state index in [4.69, 9.17) is 11.6 Å². The van der Waals surface area contributed by atoms with Crippen molar-refractivity contribution in [3.05, 3.63) is 46.7 Å². The van der Waals surface area contributed by atoms with E-state index < -0.39 is 0 Å². The Bertz CT molecular complexity index is 814. The molecule has 0 aliphatic carbocycles. The van der Waals surface area contributed by atoms with Crippen molar-refractivity contribution in [2.24, 2.45) is 0 Å². The van der Waals surface area contributed by atoms with Gasteiger partial charge in [-0.15, -0.1) is 0 Å². The lowest BCUT2D eigenvalue weighted by Gasteiger charge is -2.26. The van der Waals surface area contributed by atoms with Gasteiger partial charge in [-0.25, -0.2) is 9.97 Å². The lowest BCUT2D eigenvalue weighted by molar-refractivity contribution is 0.0724. The second kappa shape index (κ2) is 8.78. The zero-order valence-electron chi connectivity index (χ0n) is 16.0. The topological polar surface area (TPSA) is 61.4 Å². The summed E-state index contributed by atoms with van der Waals surface area (Å²) in [6.45, 7) is 4.40. The van der Waals surface area contributed by atoms with Gasteiger partial charge in [0.25, 0.3) is 5.91 Å². The van der Waals surface area contributed by atoms with E-state index in [-0.39, 0.29) is 5.91 Å². The van der Waals surface area contributed by atoms with Gasteiger partial charge < -0.3 is 15.1 Å². The minimum absolute atomic E-state index is 0.0161. The third-order valence-corrected chi connectivity index (χ3v) is 5.72. The number of nitrogens with one attached hydrogen (secondary N) is 1. The van der Waals surface area contributed by atoms with Gasteiger partial charge in [-0.2, -0.15) is 0 Å². The lowest BCUT2D eigenvalue weighted by Crippen LogP contribution is -2.35. The molecule has 0 radical (unpaired) electrons. The maximum absolute atomic E-state index is 12.6. The number of anilines is 2. The molecule has 28 heavy (non-hydrogen) atoms. The minimum Gasteiger partial charge on any atom is -0.365 e. The Kier molecular flexibility index (Phi) is 5.95. The molecule has 1 amide bonds. The Labute approximate surface area is 170 Å². The average Bonchev–Trinajstić information content (AvgIpc) is 3.28. The Morgan fingerprint density at radius 2 is 1.75 bits per heavy atom. The van der Waals surface area contributed by atoms with Crippen LogP contribution in [0.4, 0.5) is 11.6 Å². The number of pyridine rings is 2. The Morgan fingerprint density at radius 3 is 2.43 bits per heavy atom. The van der Waals surface area contributed by atoms with E-state index in [0.717, 1.165) is 50.4 Å². The monoisotopic (exact) mass is 399 g/mol. The van der Waals surface area contributed by atoms with Gasteiger partial charge >= 0.3 is 0 Å². The largest absolute Gasteiger partial charge is 0.365 e. The molecule has 4 heterocycles. The molecule has 2 aromatic rings. The van der Waals surface area contributed by atoms with E-state index >= 15 is 0 Å². The molecule has 148 valence electrons. The van der Waals surface area contributed by atoms with Gasteiger partial charge in [0.2, 0.25) is 0 Å². The fourth-order valence-electron chi connectivity index (χ4n) is 3.80. The fourth-order valence-corrected chi connectivity index (χ4v) is 4.04. The predicted molar refractivity (Wildman–Crippen MR) is 112 cm³/mol. The third kappa shape index (κ3) is 4.38. The van der Waals surface area contributed by atoms with E-state index in [1.807, 2.05) is 11.1 Å². The number of piperidine rings is 1. The molecule has 1 N–H and O–H groups in total. The van der Waals surface area contributed by atoms with Crippen LogP contribution in [0.1, 0.15) is 48.0 Å². The lowest BCUT2D eigenvalue weighted by atomic mass is 10.1. The van der Waals surface area contributed by atoms with Crippen LogP contribution in [0.15, 0.2) is 30.6 Å². The van der Waals surface area contributed by atoms with Crippen molar-refractivity contribution in [1.82, 2.24) is 14.9 Å². The molecule has 0 unspecified atom stereocenters. The highest BCUT2D eigenvalue weighted by atomic mass is 35.5. The van der Waals surface area contributed by atoms with Crippen LogP contribution >= 0.6 is 11.6 Å². The molecule has 0 saturated carbocycles. The average molecular weight is 400 g/mol. The number of carbonyl (C=O) groups excluding carboxylic acids is 1. The molecule has 2 aliphatic rings. The first kappa shape index (κ1) is 19.0. The summed E-state index contributed by atoms with van der Waals surface area (Å²) in [5, 5.41) is 3.70. The number of nitrogens with zero attached hydrogens (tertiary/aromatic N) is 4. The van der Waals surface area contributed by atoms with Crippen molar-refractivity contribution in [1.29, 1.82) is 0 Å². The highest BCUT2D eigenvalue weighted by Crippen LogP contribution is 2.23. The second-order valence-corrected chi connectivity index (χ2v) is 7.89. The number of aromatic nitrogens is 2. The van der Waals surface area contributed by atoms with E-state index in [0.29, 0.717) is 22.9 Å². The van der Waals surface area contributed by atoms with Crippen LogP contribution in [-0.2, 0) is 6.54 Å². The minimum atomic E-state index is 0.0161. The van der Waals surface area contributed by atoms with Gasteiger partial charge in [0.05, 0.1) is 10.6 Å². The van der Waals surface area contributed by atoms with Crippen LogP contribution in [0, 0.1) is 0 Å².